The van der Waals surface area contributed by atoms with E-state index in [1.54, 1.807) is 4.68 Å². The Balaban J connectivity index is 1.96. The molecular weight excluding hydrogens is 182 g/mol. The van der Waals surface area contributed by atoms with Gasteiger partial charge in [-0.3, -0.25) is 0 Å². The topological polar surface area (TPSA) is 78.9 Å². The van der Waals surface area contributed by atoms with Crippen molar-refractivity contribution >= 4 is 0 Å². The van der Waals surface area contributed by atoms with Gasteiger partial charge in [0.05, 0.1) is 6.54 Å². The number of ether oxygens (including phenoxy) is 1. The summed E-state index contributed by atoms with van der Waals surface area (Å²) in [4.78, 5) is 0. The first-order valence-corrected chi connectivity index (χ1v) is 4.93. The van der Waals surface area contributed by atoms with Crippen molar-refractivity contribution in [1.29, 1.82) is 0 Å². The average Bonchev–Trinajstić information content (AvgIpc) is 2.80. The molecule has 0 aromatic carbocycles. The van der Waals surface area contributed by atoms with E-state index in [4.69, 9.17) is 10.5 Å². The molecule has 14 heavy (non-hydrogen) atoms. The SMILES string of the molecule is NCCn1nnnc1CC1CCOC1. The van der Waals surface area contributed by atoms with Gasteiger partial charge in [0.25, 0.3) is 0 Å². The zero-order chi connectivity index (χ0) is 9.80. The van der Waals surface area contributed by atoms with Gasteiger partial charge in [-0.25, -0.2) is 4.68 Å². The summed E-state index contributed by atoms with van der Waals surface area (Å²) in [6.45, 7) is 2.95. The van der Waals surface area contributed by atoms with E-state index >= 15 is 0 Å². The average molecular weight is 197 g/mol. The van der Waals surface area contributed by atoms with Gasteiger partial charge in [-0.15, -0.1) is 5.10 Å². The highest BCUT2D eigenvalue weighted by molar-refractivity contribution is 4.85. The molecule has 0 amide bonds. The lowest BCUT2D eigenvalue weighted by Gasteiger charge is -2.06. The van der Waals surface area contributed by atoms with E-state index in [0.717, 1.165) is 31.9 Å². The van der Waals surface area contributed by atoms with Crippen LogP contribution in [-0.4, -0.2) is 40.0 Å². The monoisotopic (exact) mass is 197 g/mol. The number of hydrogen-bond acceptors (Lipinski definition) is 5. The maximum atomic E-state index is 5.46. The molecule has 2 heterocycles. The summed E-state index contributed by atoms with van der Waals surface area (Å²) in [5, 5.41) is 11.5. The number of aromatic nitrogens is 4. The standard InChI is InChI=1S/C8H15N5O/c9-2-3-13-8(10-11-12-13)5-7-1-4-14-6-7/h7H,1-6,9H2. The van der Waals surface area contributed by atoms with Crippen LogP contribution in [0.15, 0.2) is 0 Å². The summed E-state index contributed by atoms with van der Waals surface area (Å²) in [6.07, 6.45) is 2.00. The lowest BCUT2D eigenvalue weighted by molar-refractivity contribution is 0.185. The van der Waals surface area contributed by atoms with Gasteiger partial charge in [0.1, 0.15) is 0 Å². The van der Waals surface area contributed by atoms with Gasteiger partial charge in [0.15, 0.2) is 5.82 Å². The zero-order valence-corrected chi connectivity index (χ0v) is 8.09. The van der Waals surface area contributed by atoms with Crippen molar-refractivity contribution in [3.05, 3.63) is 5.82 Å². The molecule has 0 spiro atoms. The Hall–Kier alpha value is -1.01. The Morgan fingerprint density at radius 2 is 2.50 bits per heavy atom. The van der Waals surface area contributed by atoms with Crippen molar-refractivity contribution in [2.45, 2.75) is 19.4 Å². The molecule has 0 aliphatic carbocycles. The van der Waals surface area contributed by atoms with Gasteiger partial charge < -0.3 is 10.5 Å². The highest BCUT2D eigenvalue weighted by Crippen LogP contribution is 2.16. The molecular formula is C8H15N5O. The molecule has 0 bridgehead atoms. The van der Waals surface area contributed by atoms with E-state index in [1.165, 1.54) is 0 Å². The summed E-state index contributed by atoms with van der Waals surface area (Å²) < 4.78 is 7.08. The summed E-state index contributed by atoms with van der Waals surface area (Å²) in [5.74, 6) is 1.49. The highest BCUT2D eigenvalue weighted by atomic mass is 16.5. The summed E-state index contributed by atoms with van der Waals surface area (Å²) in [7, 11) is 0. The van der Waals surface area contributed by atoms with Crippen LogP contribution < -0.4 is 5.73 Å². The summed E-state index contributed by atoms with van der Waals surface area (Å²) in [5.41, 5.74) is 5.46. The predicted molar refractivity (Wildman–Crippen MR) is 49.5 cm³/mol. The van der Waals surface area contributed by atoms with Gasteiger partial charge in [-0.1, -0.05) is 0 Å². The Kier molecular flexibility index (Phi) is 3.05. The first-order valence-electron chi connectivity index (χ1n) is 4.93. The molecule has 1 aliphatic heterocycles. The lowest BCUT2D eigenvalue weighted by atomic mass is 10.1. The van der Waals surface area contributed by atoms with Crippen LogP contribution in [0, 0.1) is 5.92 Å². The quantitative estimate of drug-likeness (QED) is 0.684. The van der Waals surface area contributed by atoms with Crippen molar-refractivity contribution < 1.29 is 4.74 Å². The van der Waals surface area contributed by atoms with Crippen LogP contribution in [0.25, 0.3) is 0 Å². The van der Waals surface area contributed by atoms with Crippen molar-refractivity contribution in [2.75, 3.05) is 19.8 Å². The minimum atomic E-state index is 0.567. The summed E-state index contributed by atoms with van der Waals surface area (Å²) in [6, 6.07) is 0. The third-order valence-corrected chi connectivity index (χ3v) is 2.44. The van der Waals surface area contributed by atoms with Crippen LogP contribution >= 0.6 is 0 Å². The predicted octanol–water partition coefficient (Wildman–Crippen LogP) is -0.789. The largest absolute Gasteiger partial charge is 0.381 e. The molecule has 0 radical (unpaired) electrons. The highest BCUT2D eigenvalue weighted by Gasteiger charge is 2.19. The summed E-state index contributed by atoms with van der Waals surface area (Å²) >= 11 is 0. The molecule has 1 saturated heterocycles. The van der Waals surface area contributed by atoms with E-state index in [0.29, 0.717) is 19.0 Å². The van der Waals surface area contributed by atoms with E-state index in [1.807, 2.05) is 0 Å². The minimum absolute atomic E-state index is 0.567. The van der Waals surface area contributed by atoms with Crippen molar-refractivity contribution in [1.82, 2.24) is 20.2 Å². The fourth-order valence-electron chi connectivity index (χ4n) is 1.67. The van der Waals surface area contributed by atoms with Crippen LogP contribution in [0.2, 0.25) is 0 Å². The van der Waals surface area contributed by atoms with Gasteiger partial charge in [0.2, 0.25) is 0 Å². The second-order valence-corrected chi connectivity index (χ2v) is 3.54. The van der Waals surface area contributed by atoms with Gasteiger partial charge in [0, 0.05) is 26.2 Å². The molecule has 0 saturated carbocycles. The molecule has 1 aromatic heterocycles. The van der Waals surface area contributed by atoms with E-state index < -0.39 is 0 Å². The molecule has 1 aliphatic rings. The molecule has 1 atom stereocenters. The third-order valence-electron chi connectivity index (χ3n) is 2.44. The molecule has 6 heteroatoms. The normalized spacial score (nSPS) is 21.6. The van der Waals surface area contributed by atoms with Crippen LogP contribution in [0.5, 0.6) is 0 Å². The van der Waals surface area contributed by atoms with Crippen molar-refractivity contribution in [3.63, 3.8) is 0 Å². The van der Waals surface area contributed by atoms with Crippen molar-refractivity contribution in [2.24, 2.45) is 11.7 Å². The molecule has 1 aromatic rings. The number of hydrogen-bond donors (Lipinski definition) is 1. The van der Waals surface area contributed by atoms with Gasteiger partial charge >= 0.3 is 0 Å². The number of nitrogens with zero attached hydrogens (tertiary/aromatic N) is 4. The van der Waals surface area contributed by atoms with Crippen LogP contribution in [0.4, 0.5) is 0 Å². The maximum Gasteiger partial charge on any atom is 0.151 e. The van der Waals surface area contributed by atoms with E-state index in [2.05, 4.69) is 15.5 Å². The molecule has 1 fully saturated rings. The first kappa shape index (κ1) is 9.54. The maximum absolute atomic E-state index is 5.46. The molecule has 2 N–H and O–H groups in total. The van der Waals surface area contributed by atoms with Crippen LogP contribution in [0.3, 0.4) is 0 Å². The molecule has 78 valence electrons. The number of tetrazole rings is 1. The third kappa shape index (κ3) is 2.08. The second-order valence-electron chi connectivity index (χ2n) is 3.54. The second kappa shape index (κ2) is 4.47. The van der Waals surface area contributed by atoms with Gasteiger partial charge in [-0.2, -0.15) is 0 Å². The lowest BCUT2D eigenvalue weighted by Crippen LogP contribution is -2.16. The minimum Gasteiger partial charge on any atom is -0.381 e. The fourth-order valence-corrected chi connectivity index (χ4v) is 1.67. The Morgan fingerprint density at radius 3 is 3.21 bits per heavy atom. The zero-order valence-electron chi connectivity index (χ0n) is 8.09. The Morgan fingerprint density at radius 1 is 1.57 bits per heavy atom. The molecule has 1 unspecified atom stereocenters. The Bertz CT molecular complexity index is 281. The number of nitrogens with two attached hydrogens (primary N) is 1. The van der Waals surface area contributed by atoms with Gasteiger partial charge in [-0.05, 0) is 22.8 Å². The van der Waals surface area contributed by atoms with E-state index in [-0.39, 0.29) is 0 Å². The smallest absolute Gasteiger partial charge is 0.151 e. The number of rotatable bonds is 4. The van der Waals surface area contributed by atoms with Crippen LogP contribution in [0.1, 0.15) is 12.2 Å². The molecule has 2 rings (SSSR count). The fraction of sp³-hybridized carbons (Fsp3) is 0.875. The van der Waals surface area contributed by atoms with Crippen LogP contribution in [-0.2, 0) is 17.7 Å². The molecule has 6 nitrogen and oxygen atoms in total. The van der Waals surface area contributed by atoms with E-state index in [9.17, 15) is 0 Å². The first-order chi connectivity index (χ1) is 6.90. The van der Waals surface area contributed by atoms with Crippen molar-refractivity contribution in [3.8, 4) is 0 Å². The Labute approximate surface area is 82.4 Å².